The topological polar surface area (TPSA) is 117 Å². The van der Waals surface area contributed by atoms with Crippen LogP contribution in [-0.4, -0.2) is 58.5 Å². The number of rotatable bonds is 6. The van der Waals surface area contributed by atoms with E-state index in [2.05, 4.69) is 5.32 Å². The maximum Gasteiger partial charge on any atom is 0.349 e. The van der Waals surface area contributed by atoms with E-state index in [1.807, 2.05) is 31.1 Å². The number of nitrogens with one attached hydrogen (secondary N) is 1. The largest absolute Gasteiger partial charge is 0.451 e. The van der Waals surface area contributed by atoms with Gasteiger partial charge in [0.1, 0.15) is 11.6 Å². The molecule has 0 aromatic heterocycles. The zero-order valence-corrected chi connectivity index (χ0v) is 16.0. The van der Waals surface area contributed by atoms with E-state index >= 15 is 0 Å². The van der Waals surface area contributed by atoms with Crippen LogP contribution in [0.3, 0.4) is 0 Å². The number of hydrogen-bond acceptors (Lipinski definition) is 7. The molecule has 1 fully saturated rings. The fourth-order valence-corrected chi connectivity index (χ4v) is 4.23. The molecular formula is C18H21N3O5S. The van der Waals surface area contributed by atoms with Gasteiger partial charge in [-0.15, -0.1) is 0 Å². The van der Waals surface area contributed by atoms with Crippen molar-refractivity contribution in [1.82, 2.24) is 5.32 Å². The minimum Gasteiger partial charge on any atom is -0.451 e. The minimum atomic E-state index is -3.11. The van der Waals surface area contributed by atoms with E-state index in [1.54, 1.807) is 18.2 Å². The maximum atomic E-state index is 12.0. The van der Waals surface area contributed by atoms with Gasteiger partial charge in [0.15, 0.2) is 16.4 Å². The molecule has 1 N–H and O–H groups in total. The lowest BCUT2D eigenvalue weighted by Gasteiger charge is -2.12. The second kappa shape index (κ2) is 8.68. The maximum absolute atomic E-state index is 12.0. The smallest absolute Gasteiger partial charge is 0.349 e. The fourth-order valence-electron chi connectivity index (χ4n) is 2.56. The summed E-state index contributed by atoms with van der Waals surface area (Å²) >= 11 is 0. The van der Waals surface area contributed by atoms with Crippen molar-refractivity contribution in [3.05, 3.63) is 35.4 Å². The third-order valence-corrected chi connectivity index (χ3v) is 5.76. The van der Waals surface area contributed by atoms with Crippen molar-refractivity contribution in [3.8, 4) is 6.07 Å². The normalized spacial score (nSPS) is 18.4. The van der Waals surface area contributed by atoms with Crippen molar-refractivity contribution >= 4 is 33.5 Å². The Morgan fingerprint density at radius 3 is 2.52 bits per heavy atom. The van der Waals surface area contributed by atoms with Gasteiger partial charge in [-0.2, -0.15) is 5.26 Å². The molecule has 0 radical (unpaired) electrons. The van der Waals surface area contributed by atoms with Crippen LogP contribution in [0.1, 0.15) is 12.0 Å². The second-order valence-electron chi connectivity index (χ2n) is 6.40. The van der Waals surface area contributed by atoms with Crippen molar-refractivity contribution in [3.63, 3.8) is 0 Å². The summed E-state index contributed by atoms with van der Waals surface area (Å²) in [6, 6.07) is 8.49. The molecule has 1 saturated heterocycles. The van der Waals surface area contributed by atoms with Gasteiger partial charge in [-0.05, 0) is 30.2 Å². The Kier molecular flexibility index (Phi) is 6.58. The van der Waals surface area contributed by atoms with Crippen LogP contribution >= 0.6 is 0 Å². The Balaban J connectivity index is 1.91. The van der Waals surface area contributed by atoms with Crippen LogP contribution < -0.4 is 10.2 Å². The number of amides is 1. The molecule has 0 saturated carbocycles. The number of carbonyl (C=O) groups is 2. The monoisotopic (exact) mass is 391 g/mol. The number of carbonyl (C=O) groups excluding carboxylic acids is 2. The van der Waals surface area contributed by atoms with Gasteiger partial charge >= 0.3 is 5.97 Å². The van der Waals surface area contributed by atoms with Crippen LogP contribution in [0.2, 0.25) is 0 Å². The van der Waals surface area contributed by atoms with Crippen LogP contribution in [0.4, 0.5) is 5.69 Å². The molecular weight excluding hydrogens is 370 g/mol. The zero-order chi connectivity index (χ0) is 20.0. The molecule has 0 bridgehead atoms. The Bertz CT molecular complexity index is 883. The molecule has 8 nitrogen and oxygen atoms in total. The average Bonchev–Trinajstić information content (AvgIpc) is 2.96. The lowest BCUT2D eigenvalue weighted by Crippen LogP contribution is -2.38. The first-order valence-corrected chi connectivity index (χ1v) is 10.1. The highest BCUT2D eigenvalue weighted by atomic mass is 32.2. The first kappa shape index (κ1) is 20.5. The molecule has 1 heterocycles. The summed E-state index contributed by atoms with van der Waals surface area (Å²) in [6.07, 6.45) is 1.72. The van der Waals surface area contributed by atoms with E-state index in [-0.39, 0.29) is 17.1 Å². The molecule has 27 heavy (non-hydrogen) atoms. The third kappa shape index (κ3) is 6.11. The molecule has 1 amide bonds. The molecule has 9 heteroatoms. The molecule has 1 aromatic rings. The predicted octanol–water partition coefficient (Wildman–Crippen LogP) is 0.506. The Hall–Kier alpha value is -2.86. The molecule has 1 aliphatic rings. The molecule has 0 spiro atoms. The second-order valence-corrected chi connectivity index (χ2v) is 8.63. The Labute approximate surface area is 158 Å². The van der Waals surface area contributed by atoms with Gasteiger partial charge in [-0.3, -0.25) is 4.79 Å². The van der Waals surface area contributed by atoms with Gasteiger partial charge in [0, 0.05) is 25.8 Å². The summed E-state index contributed by atoms with van der Waals surface area (Å²) in [5.74, 6) is -1.59. The van der Waals surface area contributed by atoms with Gasteiger partial charge in [-0.1, -0.05) is 12.1 Å². The number of hydrogen-bond donors (Lipinski definition) is 1. The standard InChI is InChI=1S/C18H21N3O5S/c1-21(2)16-5-3-13(4-6-16)9-14(10-19)18(23)26-11-17(22)20-15-7-8-27(24,25)12-15/h3-6,9,15H,7-8,11-12H2,1-2H3,(H,20,22). The highest BCUT2D eigenvalue weighted by Crippen LogP contribution is 2.15. The molecule has 1 atom stereocenters. The first-order chi connectivity index (χ1) is 12.7. The Morgan fingerprint density at radius 2 is 2.00 bits per heavy atom. The summed E-state index contributed by atoms with van der Waals surface area (Å²) in [7, 11) is 0.685. The number of ether oxygens (including phenoxy) is 1. The van der Waals surface area contributed by atoms with Gasteiger partial charge in [0.05, 0.1) is 11.5 Å². The van der Waals surface area contributed by atoms with Gasteiger partial charge in [-0.25, -0.2) is 13.2 Å². The lowest BCUT2D eigenvalue weighted by molar-refractivity contribution is -0.144. The minimum absolute atomic E-state index is 0.0334. The summed E-state index contributed by atoms with van der Waals surface area (Å²) < 4.78 is 27.6. The van der Waals surface area contributed by atoms with Crippen LogP contribution in [0.25, 0.3) is 6.08 Å². The Morgan fingerprint density at radius 1 is 1.33 bits per heavy atom. The van der Waals surface area contributed by atoms with E-state index < -0.39 is 34.4 Å². The number of benzene rings is 1. The van der Waals surface area contributed by atoms with Crippen LogP contribution in [-0.2, 0) is 24.2 Å². The number of sulfone groups is 1. The van der Waals surface area contributed by atoms with Gasteiger partial charge in [0.25, 0.3) is 5.91 Å². The fraction of sp³-hybridized carbons (Fsp3) is 0.389. The van der Waals surface area contributed by atoms with E-state index in [0.29, 0.717) is 12.0 Å². The average molecular weight is 391 g/mol. The molecule has 0 aliphatic carbocycles. The first-order valence-electron chi connectivity index (χ1n) is 8.26. The molecule has 1 aromatic carbocycles. The summed E-state index contributed by atoms with van der Waals surface area (Å²) in [5.41, 5.74) is 1.39. The summed E-state index contributed by atoms with van der Waals surface area (Å²) in [5, 5.41) is 11.7. The quantitative estimate of drug-likeness (QED) is 0.426. The number of nitrogens with zero attached hydrogens (tertiary/aromatic N) is 2. The number of anilines is 1. The molecule has 1 unspecified atom stereocenters. The highest BCUT2D eigenvalue weighted by Gasteiger charge is 2.29. The van der Waals surface area contributed by atoms with Crippen molar-refractivity contribution in [1.29, 1.82) is 5.26 Å². The van der Waals surface area contributed by atoms with E-state index in [0.717, 1.165) is 5.69 Å². The number of esters is 1. The van der Waals surface area contributed by atoms with Gasteiger partial charge in [0.2, 0.25) is 0 Å². The lowest BCUT2D eigenvalue weighted by atomic mass is 10.1. The molecule has 2 rings (SSSR count). The molecule has 144 valence electrons. The van der Waals surface area contributed by atoms with Crippen molar-refractivity contribution < 1.29 is 22.7 Å². The van der Waals surface area contributed by atoms with Crippen LogP contribution in [0.5, 0.6) is 0 Å². The van der Waals surface area contributed by atoms with Gasteiger partial charge < -0.3 is 15.0 Å². The zero-order valence-electron chi connectivity index (χ0n) is 15.1. The molecule has 1 aliphatic heterocycles. The van der Waals surface area contributed by atoms with Crippen molar-refractivity contribution in [2.24, 2.45) is 0 Å². The SMILES string of the molecule is CN(C)c1ccc(C=C(C#N)C(=O)OCC(=O)NC2CCS(=O)(=O)C2)cc1. The van der Waals surface area contributed by atoms with Crippen molar-refractivity contribution in [2.75, 3.05) is 37.1 Å². The highest BCUT2D eigenvalue weighted by molar-refractivity contribution is 7.91. The number of nitriles is 1. The predicted molar refractivity (Wildman–Crippen MR) is 101 cm³/mol. The van der Waals surface area contributed by atoms with E-state index in [9.17, 15) is 18.0 Å². The van der Waals surface area contributed by atoms with E-state index in [4.69, 9.17) is 10.00 Å². The summed E-state index contributed by atoms with van der Waals surface area (Å²) in [6.45, 7) is -0.575. The van der Waals surface area contributed by atoms with Crippen molar-refractivity contribution in [2.45, 2.75) is 12.5 Å². The third-order valence-electron chi connectivity index (χ3n) is 3.99. The van der Waals surface area contributed by atoms with Crippen LogP contribution in [0, 0.1) is 11.3 Å². The van der Waals surface area contributed by atoms with E-state index in [1.165, 1.54) is 6.08 Å². The van der Waals surface area contributed by atoms with Crippen LogP contribution in [0.15, 0.2) is 29.8 Å². The summed E-state index contributed by atoms with van der Waals surface area (Å²) in [4.78, 5) is 25.7.